The molecule has 0 aliphatic heterocycles. The molecular weight excluding hydrogens is 180 g/mol. The Kier molecular flexibility index (Phi) is 3.62. The third-order valence-electron chi connectivity index (χ3n) is 1.67. The normalized spacial score (nSPS) is 9.14. The van der Waals surface area contributed by atoms with Crippen molar-refractivity contribution in [1.29, 1.82) is 5.26 Å². The highest BCUT2D eigenvalue weighted by molar-refractivity contribution is 5.90. The maximum atomic E-state index is 11.4. The van der Waals surface area contributed by atoms with Gasteiger partial charge in [0.1, 0.15) is 0 Å². The molecule has 0 aliphatic carbocycles. The van der Waals surface area contributed by atoms with Gasteiger partial charge >= 0.3 is 5.97 Å². The van der Waals surface area contributed by atoms with E-state index in [1.54, 1.807) is 13.0 Å². The maximum Gasteiger partial charge on any atom is 0.338 e. The van der Waals surface area contributed by atoms with E-state index in [0.29, 0.717) is 17.7 Å². The smallest absolute Gasteiger partial charge is 0.338 e. The number of esters is 1. The van der Waals surface area contributed by atoms with Crippen molar-refractivity contribution in [3.8, 4) is 6.07 Å². The van der Waals surface area contributed by atoms with Crippen LogP contribution in [0.1, 0.15) is 22.8 Å². The molecule has 0 amide bonds. The fraction of sp³-hybridized carbons (Fsp3) is 0.300. The first-order valence-corrected chi connectivity index (χ1v) is 4.26. The molecule has 1 heterocycles. The number of hydrogen-bond donors (Lipinski definition) is 0. The summed E-state index contributed by atoms with van der Waals surface area (Å²) in [5.74, 6) is -0.403. The lowest BCUT2D eigenvalue weighted by molar-refractivity contribution is 0.0525. The zero-order valence-corrected chi connectivity index (χ0v) is 7.86. The van der Waals surface area contributed by atoms with Crippen molar-refractivity contribution < 1.29 is 9.53 Å². The molecule has 0 fully saturated rings. The molecule has 4 nitrogen and oxygen atoms in total. The fourth-order valence-electron chi connectivity index (χ4n) is 1.06. The first-order chi connectivity index (χ1) is 6.79. The summed E-state index contributed by atoms with van der Waals surface area (Å²) in [5.41, 5.74) is 1.02. The third-order valence-corrected chi connectivity index (χ3v) is 1.67. The average molecular weight is 190 g/mol. The molecule has 0 N–H and O–H groups in total. The third kappa shape index (κ3) is 2.30. The van der Waals surface area contributed by atoms with Gasteiger partial charge in [0, 0.05) is 12.4 Å². The van der Waals surface area contributed by atoms with E-state index in [-0.39, 0.29) is 6.42 Å². The molecule has 72 valence electrons. The molecule has 1 aromatic heterocycles. The minimum absolute atomic E-state index is 0.169. The van der Waals surface area contributed by atoms with Gasteiger partial charge in [-0.25, -0.2) is 4.79 Å². The molecule has 0 radical (unpaired) electrons. The summed E-state index contributed by atoms with van der Waals surface area (Å²) in [6.45, 7) is 2.07. The number of aromatic nitrogens is 1. The Morgan fingerprint density at radius 3 is 3.14 bits per heavy atom. The predicted octanol–water partition coefficient (Wildman–Crippen LogP) is 1.32. The second-order valence-corrected chi connectivity index (χ2v) is 2.59. The van der Waals surface area contributed by atoms with Gasteiger partial charge in [-0.2, -0.15) is 5.26 Å². The summed E-state index contributed by atoms with van der Waals surface area (Å²) in [4.78, 5) is 15.2. The zero-order chi connectivity index (χ0) is 10.4. The summed E-state index contributed by atoms with van der Waals surface area (Å²) in [7, 11) is 0. The van der Waals surface area contributed by atoms with E-state index >= 15 is 0 Å². The number of carbonyl (C=O) groups excluding carboxylic acids is 1. The van der Waals surface area contributed by atoms with E-state index in [2.05, 4.69) is 4.98 Å². The van der Waals surface area contributed by atoms with Crippen LogP contribution in [0.4, 0.5) is 0 Å². The highest BCUT2D eigenvalue weighted by Gasteiger charge is 2.11. The van der Waals surface area contributed by atoms with Crippen LogP contribution in [0, 0.1) is 11.3 Å². The van der Waals surface area contributed by atoms with E-state index in [1.807, 2.05) is 6.07 Å². The first-order valence-electron chi connectivity index (χ1n) is 4.26. The fourth-order valence-corrected chi connectivity index (χ4v) is 1.06. The number of rotatable bonds is 3. The Hall–Kier alpha value is -1.89. The molecule has 0 atom stereocenters. The minimum atomic E-state index is -0.403. The van der Waals surface area contributed by atoms with Crippen molar-refractivity contribution in [2.75, 3.05) is 6.61 Å². The largest absolute Gasteiger partial charge is 0.462 e. The van der Waals surface area contributed by atoms with Gasteiger partial charge < -0.3 is 4.74 Å². The quantitative estimate of drug-likeness (QED) is 0.674. The average Bonchev–Trinajstić information content (AvgIpc) is 2.19. The Morgan fingerprint density at radius 1 is 1.71 bits per heavy atom. The van der Waals surface area contributed by atoms with Gasteiger partial charge in [0.25, 0.3) is 0 Å². The number of pyridine rings is 1. The Bertz CT molecular complexity index is 369. The monoisotopic (exact) mass is 190 g/mol. The SMILES string of the molecule is CCOC(=O)c1ccncc1CC#N. The summed E-state index contributed by atoms with van der Waals surface area (Å²) in [5, 5.41) is 8.53. The van der Waals surface area contributed by atoms with Crippen LogP contribution >= 0.6 is 0 Å². The molecule has 0 spiro atoms. The van der Waals surface area contributed by atoms with Crippen molar-refractivity contribution in [2.45, 2.75) is 13.3 Å². The minimum Gasteiger partial charge on any atom is -0.462 e. The number of nitrogens with zero attached hydrogens (tertiary/aromatic N) is 2. The van der Waals surface area contributed by atoms with Crippen LogP contribution < -0.4 is 0 Å². The van der Waals surface area contributed by atoms with Crippen molar-refractivity contribution >= 4 is 5.97 Å². The van der Waals surface area contributed by atoms with Gasteiger partial charge in [-0.1, -0.05) is 0 Å². The van der Waals surface area contributed by atoms with E-state index in [4.69, 9.17) is 10.00 Å². The molecule has 0 aliphatic rings. The molecule has 1 rings (SSSR count). The van der Waals surface area contributed by atoms with E-state index in [1.165, 1.54) is 12.4 Å². The molecular formula is C10H10N2O2. The topological polar surface area (TPSA) is 63.0 Å². The van der Waals surface area contributed by atoms with Gasteiger partial charge in [-0.05, 0) is 18.6 Å². The lowest BCUT2D eigenvalue weighted by atomic mass is 10.1. The standard InChI is InChI=1S/C10H10N2O2/c1-2-14-10(13)9-4-6-12-7-8(9)3-5-11/h4,6-7H,2-3H2,1H3. The van der Waals surface area contributed by atoms with Crippen molar-refractivity contribution in [2.24, 2.45) is 0 Å². The van der Waals surface area contributed by atoms with Gasteiger partial charge in [-0.3, -0.25) is 4.98 Å². The number of hydrogen-bond acceptors (Lipinski definition) is 4. The first kappa shape index (κ1) is 10.2. The van der Waals surface area contributed by atoms with Crippen LogP contribution in [0.25, 0.3) is 0 Å². The Labute approximate surface area is 82.1 Å². The van der Waals surface area contributed by atoms with Crippen LogP contribution in [0.2, 0.25) is 0 Å². The highest BCUT2D eigenvalue weighted by atomic mass is 16.5. The summed E-state index contributed by atoms with van der Waals surface area (Å²) in [6, 6.07) is 3.53. The molecule has 1 aromatic rings. The number of nitriles is 1. The van der Waals surface area contributed by atoms with Gasteiger partial charge in [0.15, 0.2) is 0 Å². The second-order valence-electron chi connectivity index (χ2n) is 2.59. The Balaban J connectivity index is 2.95. The predicted molar refractivity (Wildman–Crippen MR) is 49.5 cm³/mol. The molecule has 0 aromatic carbocycles. The van der Waals surface area contributed by atoms with Gasteiger partial charge in [0.2, 0.25) is 0 Å². The molecule has 0 saturated carbocycles. The van der Waals surface area contributed by atoms with Gasteiger partial charge in [-0.15, -0.1) is 0 Å². The molecule has 0 bridgehead atoms. The molecule has 4 heteroatoms. The van der Waals surface area contributed by atoms with E-state index in [0.717, 1.165) is 0 Å². The Morgan fingerprint density at radius 2 is 2.50 bits per heavy atom. The molecule has 0 unspecified atom stereocenters. The van der Waals surface area contributed by atoms with Crippen molar-refractivity contribution in [1.82, 2.24) is 4.98 Å². The molecule has 14 heavy (non-hydrogen) atoms. The van der Waals surface area contributed by atoms with E-state index < -0.39 is 5.97 Å². The van der Waals surface area contributed by atoms with Crippen LogP contribution in [0.5, 0.6) is 0 Å². The summed E-state index contributed by atoms with van der Waals surface area (Å²) >= 11 is 0. The number of ether oxygens (including phenoxy) is 1. The van der Waals surface area contributed by atoms with Crippen molar-refractivity contribution in [3.05, 3.63) is 29.6 Å². The lowest BCUT2D eigenvalue weighted by Crippen LogP contribution is -2.08. The summed E-state index contributed by atoms with van der Waals surface area (Å²) < 4.78 is 4.84. The van der Waals surface area contributed by atoms with Crippen molar-refractivity contribution in [3.63, 3.8) is 0 Å². The van der Waals surface area contributed by atoms with E-state index in [9.17, 15) is 4.79 Å². The van der Waals surface area contributed by atoms with Crippen LogP contribution in [-0.2, 0) is 11.2 Å². The maximum absolute atomic E-state index is 11.4. The number of carbonyl (C=O) groups is 1. The molecule has 0 saturated heterocycles. The van der Waals surface area contributed by atoms with Crippen LogP contribution in [-0.4, -0.2) is 17.6 Å². The lowest BCUT2D eigenvalue weighted by Gasteiger charge is -2.04. The van der Waals surface area contributed by atoms with Crippen LogP contribution in [0.15, 0.2) is 18.5 Å². The zero-order valence-electron chi connectivity index (χ0n) is 7.86. The second kappa shape index (κ2) is 4.97. The van der Waals surface area contributed by atoms with Gasteiger partial charge in [0.05, 0.1) is 24.7 Å². The highest BCUT2D eigenvalue weighted by Crippen LogP contribution is 2.08. The van der Waals surface area contributed by atoms with Crippen LogP contribution in [0.3, 0.4) is 0 Å². The summed E-state index contributed by atoms with van der Waals surface area (Å²) in [6.07, 6.45) is 3.19.